The van der Waals surface area contributed by atoms with Crippen molar-refractivity contribution < 1.29 is 92.7 Å². The number of hydrogen-bond acceptors (Lipinski definition) is 20. The number of aliphatic hydroxyl groups is 4. The number of carboxylic acids is 1. The van der Waals surface area contributed by atoms with Crippen LogP contribution < -0.4 is 82.3 Å². The molecule has 0 aromatic rings. The molecule has 432 valence electrons. The van der Waals surface area contributed by atoms with Crippen molar-refractivity contribution in [1.82, 2.24) is 52.8 Å². The van der Waals surface area contributed by atoms with Gasteiger partial charge in [-0.1, -0.05) is 0 Å². The number of primary amides is 3. The highest BCUT2D eigenvalue weighted by Crippen LogP contribution is 2.20. The number of carbonyl (C=O) groups is 14. The Hall–Kier alpha value is -8.35. The summed E-state index contributed by atoms with van der Waals surface area (Å²) in [5.41, 5.74) is 32.0. The van der Waals surface area contributed by atoms with Gasteiger partial charge in [0.1, 0.15) is 60.4 Å². The molecule has 0 spiro atoms. The molecule has 0 aromatic heterocycles. The Morgan fingerprint density at radius 3 is 1.42 bits per heavy atom. The van der Waals surface area contributed by atoms with Crippen LogP contribution in [-0.2, 0) is 67.1 Å². The summed E-state index contributed by atoms with van der Waals surface area (Å²) in [5, 5.41) is 67.0. The van der Waals surface area contributed by atoms with E-state index in [1.807, 2.05) is 21.3 Å². The molecule has 11 atom stereocenters. The molecule has 0 aromatic carbocycles. The van der Waals surface area contributed by atoms with Crippen molar-refractivity contribution in [2.75, 3.05) is 39.5 Å². The minimum atomic E-state index is -2.02. The first kappa shape index (κ1) is 66.7. The maximum Gasteiger partial charge on any atom is 0.328 e. The lowest BCUT2D eigenvalue weighted by molar-refractivity contribution is -0.143. The van der Waals surface area contributed by atoms with Crippen molar-refractivity contribution in [3.05, 3.63) is 0 Å². The van der Waals surface area contributed by atoms with Gasteiger partial charge in [-0.3, -0.25) is 67.3 Å². The highest BCUT2D eigenvalue weighted by Gasteiger charge is 2.41. The molecule has 0 bridgehead atoms. The Labute approximate surface area is 437 Å². The number of carbonyl (C=O) groups excluding carboxylic acids is 13. The second kappa shape index (κ2) is 32.8. The maximum atomic E-state index is 14.1. The van der Waals surface area contributed by atoms with Gasteiger partial charge in [-0.05, 0) is 39.5 Å². The zero-order chi connectivity index (χ0) is 58.9. The molecule has 1 aliphatic heterocycles. The minimum absolute atomic E-state index is 0.0358. The van der Waals surface area contributed by atoms with Gasteiger partial charge < -0.3 is 113 Å². The van der Waals surface area contributed by atoms with Gasteiger partial charge in [-0.25, -0.2) is 4.79 Å². The Balaban J connectivity index is 3.29. The van der Waals surface area contributed by atoms with Gasteiger partial charge in [0, 0.05) is 13.1 Å². The number of guanidine groups is 1. The van der Waals surface area contributed by atoms with E-state index in [4.69, 9.17) is 44.6 Å². The summed E-state index contributed by atoms with van der Waals surface area (Å²) >= 11 is 0. The predicted octanol–water partition coefficient (Wildman–Crippen LogP) is -13.6. The van der Waals surface area contributed by atoms with E-state index in [0.717, 1.165) is 11.8 Å². The van der Waals surface area contributed by atoms with Crippen LogP contribution in [0.2, 0.25) is 0 Å². The second-order valence-corrected chi connectivity index (χ2v) is 17.2. The third-order valence-electron chi connectivity index (χ3n) is 11.0. The van der Waals surface area contributed by atoms with Crippen LogP contribution in [0.15, 0.2) is 4.99 Å². The summed E-state index contributed by atoms with van der Waals surface area (Å²) in [6.07, 6.45) is -4.34. The van der Waals surface area contributed by atoms with Gasteiger partial charge in [0.2, 0.25) is 76.8 Å². The molecule has 0 saturated carbocycles. The van der Waals surface area contributed by atoms with Crippen LogP contribution in [-0.4, -0.2) is 225 Å². The van der Waals surface area contributed by atoms with E-state index in [1.165, 1.54) is 6.92 Å². The Morgan fingerprint density at radius 1 is 0.558 bits per heavy atom. The summed E-state index contributed by atoms with van der Waals surface area (Å²) in [5.74, 6) is -17.1. The highest BCUT2D eigenvalue weighted by atomic mass is 16.4. The largest absolute Gasteiger partial charge is 0.480 e. The summed E-state index contributed by atoms with van der Waals surface area (Å²) in [6.45, 7) is -1.91. The number of aliphatic hydroxyl groups excluding tert-OH is 4. The molecule has 1 fully saturated rings. The first-order valence-corrected chi connectivity index (χ1v) is 23.4. The number of nitrogens with zero attached hydrogens (tertiary/aromatic N) is 2. The zero-order valence-electron chi connectivity index (χ0n) is 41.9. The predicted molar refractivity (Wildman–Crippen MR) is 259 cm³/mol. The SMILES string of the molecule is C[C@H](NC(=O)[C@@H]1CCCN1C(=O)[C@H](CC(N)=O)NC(=O)[C@H](CCCN=C(N)N)NC(=O)[C@@H](NC(=O)CN)[C@@H](C)O)C(=O)N[C@@H](CC(N)=O)C(=O)N[C@@H](CC(N)=O)C(=O)N[C@@H](CO)C(=O)N[C@@H](CO)C(=O)N[C@@H](CO)C(=O)O. The number of nitrogens with two attached hydrogens (primary N) is 6. The standard InChI is InChI=1S/C41H69N17O19/c1-16(31(67)51-19(9-26(43)63)33(69)52-20(10-27(44)64)34(70)54-22(13-59)35(71)55-23(14-60)36(72)56-24(15-61)40(76)77)49-37(73)25-6-4-8-58(25)39(75)21(11-28(45)65)53-32(68)18(5-3-7-48-41(46)47)50-38(74)30(17(2)62)57-29(66)12-42/h16-25,30,59-62H,3-15,42H2,1-2H3,(H2,43,63)(H2,44,64)(H2,45,65)(H,49,73)(H,50,74)(H,51,67)(H,52,69)(H,53,68)(H,54,70)(H,55,71)(H,56,72)(H,57,66)(H,76,77)(H4,46,47,48)/t16-,17+,18-,19-,20-,21-,22-,23-,24-,25-,30-/m0/s1. The van der Waals surface area contributed by atoms with Crippen LogP contribution in [0.25, 0.3) is 0 Å². The lowest BCUT2D eigenvalue weighted by Crippen LogP contribution is -2.61. The molecule has 1 aliphatic rings. The first-order chi connectivity index (χ1) is 36.0. The van der Waals surface area contributed by atoms with Gasteiger partial charge >= 0.3 is 5.97 Å². The summed E-state index contributed by atoms with van der Waals surface area (Å²) < 4.78 is 0. The number of aliphatic carboxylic acids is 1. The number of likely N-dealkylation sites (tertiary alicyclic amines) is 1. The van der Waals surface area contributed by atoms with Crippen LogP contribution in [0.4, 0.5) is 0 Å². The number of hydrogen-bond donors (Lipinski definition) is 20. The van der Waals surface area contributed by atoms with E-state index in [2.05, 4.69) is 31.6 Å². The van der Waals surface area contributed by atoms with Crippen LogP contribution in [0, 0.1) is 0 Å². The van der Waals surface area contributed by atoms with Crippen molar-refractivity contribution in [2.45, 2.75) is 125 Å². The van der Waals surface area contributed by atoms with E-state index in [0.29, 0.717) is 0 Å². The van der Waals surface area contributed by atoms with Gasteiger partial charge in [-0.2, -0.15) is 0 Å². The molecule has 1 heterocycles. The molecule has 26 N–H and O–H groups in total. The average Bonchev–Trinajstić information content (AvgIpc) is 3.85. The van der Waals surface area contributed by atoms with Gasteiger partial charge in [0.15, 0.2) is 5.96 Å². The summed E-state index contributed by atoms with van der Waals surface area (Å²) in [4.78, 5) is 185. The van der Waals surface area contributed by atoms with Crippen molar-refractivity contribution in [3.63, 3.8) is 0 Å². The van der Waals surface area contributed by atoms with E-state index in [-0.39, 0.29) is 44.7 Å². The van der Waals surface area contributed by atoms with E-state index in [1.54, 1.807) is 0 Å². The molecule has 13 amide bonds. The van der Waals surface area contributed by atoms with Crippen LogP contribution in [0.5, 0.6) is 0 Å². The number of rotatable bonds is 34. The normalized spacial score (nSPS) is 16.7. The molecule has 36 nitrogen and oxygen atoms in total. The highest BCUT2D eigenvalue weighted by molar-refractivity contribution is 6.01. The quantitative estimate of drug-likeness (QED) is 0.0162. The molecule has 77 heavy (non-hydrogen) atoms. The molecule has 1 saturated heterocycles. The third kappa shape index (κ3) is 23.0. The number of amides is 13. The fourth-order valence-corrected chi connectivity index (χ4v) is 7.00. The third-order valence-corrected chi connectivity index (χ3v) is 11.0. The molecular weight excluding hydrogens is 1030 g/mol. The monoisotopic (exact) mass is 1100 g/mol. The van der Waals surface area contributed by atoms with Gasteiger partial charge in [-0.15, -0.1) is 0 Å². The van der Waals surface area contributed by atoms with Crippen LogP contribution in [0.3, 0.4) is 0 Å². The van der Waals surface area contributed by atoms with Crippen molar-refractivity contribution in [2.24, 2.45) is 39.4 Å². The maximum absolute atomic E-state index is 14.1. The van der Waals surface area contributed by atoms with E-state index < -0.39 is 195 Å². The topological polar surface area (TPSA) is 620 Å². The van der Waals surface area contributed by atoms with E-state index in [9.17, 15) is 82.4 Å². The summed E-state index contributed by atoms with van der Waals surface area (Å²) in [7, 11) is 0. The van der Waals surface area contributed by atoms with Crippen molar-refractivity contribution in [1.29, 1.82) is 0 Å². The van der Waals surface area contributed by atoms with Gasteiger partial charge in [0.05, 0.1) is 51.7 Å². The average molecular weight is 1100 g/mol. The van der Waals surface area contributed by atoms with Crippen molar-refractivity contribution >= 4 is 88.7 Å². The Morgan fingerprint density at radius 2 is 0.974 bits per heavy atom. The van der Waals surface area contributed by atoms with Crippen LogP contribution in [0.1, 0.15) is 58.8 Å². The smallest absolute Gasteiger partial charge is 0.328 e. The minimum Gasteiger partial charge on any atom is -0.480 e. The molecule has 0 radical (unpaired) electrons. The molecule has 36 heteroatoms. The fraction of sp³-hybridized carbons (Fsp3) is 0.634. The van der Waals surface area contributed by atoms with Crippen molar-refractivity contribution in [3.8, 4) is 0 Å². The Kier molecular flexibility index (Phi) is 28.4. The number of aliphatic imine (C=N–C) groups is 1. The molecule has 0 aliphatic carbocycles. The Bertz CT molecular complexity index is 2210. The lowest BCUT2D eigenvalue weighted by Gasteiger charge is -2.30. The lowest BCUT2D eigenvalue weighted by atomic mass is 10.1. The number of nitrogens with one attached hydrogen (secondary N) is 9. The summed E-state index contributed by atoms with van der Waals surface area (Å²) in [6, 6.07) is -17.6. The van der Waals surface area contributed by atoms with Gasteiger partial charge in [0.25, 0.3) is 0 Å². The number of carboxylic acid groups (broad SMARTS) is 1. The first-order valence-electron chi connectivity index (χ1n) is 23.4. The fourth-order valence-electron chi connectivity index (χ4n) is 7.00. The van der Waals surface area contributed by atoms with Crippen LogP contribution >= 0.6 is 0 Å². The van der Waals surface area contributed by atoms with E-state index >= 15 is 0 Å². The molecular formula is C41H69N17O19. The second-order valence-electron chi connectivity index (χ2n) is 17.2. The molecule has 0 unspecified atom stereocenters. The zero-order valence-corrected chi connectivity index (χ0v) is 41.9. The molecule has 1 rings (SSSR count).